The molecular weight excluding hydrogens is 472 g/mol. The quantitative estimate of drug-likeness (QED) is 0.245. The largest absolute Gasteiger partial charge is 0.478 e. The van der Waals surface area contributed by atoms with Crippen molar-refractivity contribution in [2.45, 2.75) is 17.1 Å². The van der Waals surface area contributed by atoms with Gasteiger partial charge < -0.3 is 15.7 Å². The van der Waals surface area contributed by atoms with E-state index < -0.39 is 11.2 Å². The number of hydrogen-bond donors (Lipinski definition) is 3. The Kier molecular flexibility index (Phi) is 7.82. The number of amides is 2. The molecule has 0 fully saturated rings. The highest BCUT2D eigenvalue weighted by molar-refractivity contribution is 8.00. The van der Waals surface area contributed by atoms with Crippen LogP contribution in [-0.2, 0) is 4.79 Å². The van der Waals surface area contributed by atoms with Gasteiger partial charge in [0.1, 0.15) is 5.25 Å². The lowest BCUT2D eigenvalue weighted by Gasteiger charge is -2.18. The third-order valence-electron chi connectivity index (χ3n) is 5.34. The van der Waals surface area contributed by atoms with Gasteiger partial charge in [-0.15, -0.1) is 11.8 Å². The molecule has 0 aliphatic heterocycles. The molecule has 6 nitrogen and oxygen atoms in total. The highest BCUT2D eigenvalue weighted by atomic mass is 32.2. The van der Waals surface area contributed by atoms with Crippen LogP contribution in [0.15, 0.2) is 108 Å². The van der Waals surface area contributed by atoms with E-state index >= 15 is 0 Å². The Balaban J connectivity index is 1.55. The van der Waals surface area contributed by atoms with Gasteiger partial charge in [-0.25, -0.2) is 4.79 Å². The summed E-state index contributed by atoms with van der Waals surface area (Å²) in [6.07, 6.45) is 0. The average Bonchev–Trinajstić information content (AvgIpc) is 2.88. The van der Waals surface area contributed by atoms with E-state index in [2.05, 4.69) is 10.6 Å². The number of benzene rings is 4. The number of carboxylic acids is 1. The molecular formula is C29H24N2O4S. The zero-order valence-electron chi connectivity index (χ0n) is 19.5. The number of nitrogens with one attached hydrogen (secondary N) is 2. The fourth-order valence-electron chi connectivity index (χ4n) is 3.61. The molecule has 0 aliphatic carbocycles. The van der Waals surface area contributed by atoms with Gasteiger partial charge in [-0.05, 0) is 61.0 Å². The van der Waals surface area contributed by atoms with Crippen molar-refractivity contribution in [1.82, 2.24) is 0 Å². The summed E-state index contributed by atoms with van der Waals surface area (Å²) in [5.74, 6) is -1.57. The van der Waals surface area contributed by atoms with Crippen molar-refractivity contribution in [2.75, 3.05) is 10.6 Å². The molecule has 0 spiro atoms. The van der Waals surface area contributed by atoms with Crippen molar-refractivity contribution in [3.05, 3.63) is 125 Å². The predicted molar refractivity (Wildman–Crippen MR) is 143 cm³/mol. The van der Waals surface area contributed by atoms with Crippen LogP contribution in [0.25, 0.3) is 0 Å². The molecule has 0 saturated heterocycles. The summed E-state index contributed by atoms with van der Waals surface area (Å²) in [4.78, 5) is 38.1. The fourth-order valence-corrected chi connectivity index (χ4v) is 4.69. The Morgan fingerprint density at radius 1 is 0.722 bits per heavy atom. The Bertz CT molecular complexity index is 1410. The van der Waals surface area contributed by atoms with Gasteiger partial charge in [0.25, 0.3) is 5.91 Å². The van der Waals surface area contributed by atoms with Gasteiger partial charge in [0.05, 0.1) is 5.56 Å². The molecule has 36 heavy (non-hydrogen) atoms. The molecule has 4 aromatic rings. The van der Waals surface area contributed by atoms with Crippen LogP contribution in [-0.4, -0.2) is 22.9 Å². The number of aryl methyl sites for hydroxylation is 1. The number of anilines is 2. The van der Waals surface area contributed by atoms with Crippen LogP contribution in [0.3, 0.4) is 0 Å². The summed E-state index contributed by atoms with van der Waals surface area (Å²) in [5, 5.41) is 14.4. The maximum Gasteiger partial charge on any atom is 0.335 e. The predicted octanol–water partition coefficient (Wildman–Crippen LogP) is 6.42. The second-order valence-electron chi connectivity index (χ2n) is 8.14. The first-order chi connectivity index (χ1) is 17.4. The minimum atomic E-state index is -1.07. The fraction of sp³-hybridized carbons (Fsp3) is 0.0690. The number of carbonyl (C=O) groups excluding carboxylic acids is 2. The molecule has 0 bridgehead atoms. The molecule has 7 heteroatoms. The molecule has 4 rings (SSSR count). The van der Waals surface area contributed by atoms with Crippen LogP contribution in [0.1, 0.15) is 37.1 Å². The van der Waals surface area contributed by atoms with E-state index in [0.29, 0.717) is 16.9 Å². The van der Waals surface area contributed by atoms with Crippen LogP contribution in [0.2, 0.25) is 0 Å². The van der Waals surface area contributed by atoms with Gasteiger partial charge in [-0.1, -0.05) is 60.2 Å². The minimum Gasteiger partial charge on any atom is -0.478 e. The second kappa shape index (κ2) is 11.4. The van der Waals surface area contributed by atoms with Crippen molar-refractivity contribution in [3.63, 3.8) is 0 Å². The SMILES string of the molecule is Cc1cccc(C(=O)Nc2cccc(SC(C(=O)Nc3cccc(C(=O)O)c3)c3ccccc3)c2)c1. The lowest BCUT2D eigenvalue weighted by atomic mass is 10.1. The van der Waals surface area contributed by atoms with Gasteiger partial charge in [-0.3, -0.25) is 9.59 Å². The molecule has 0 heterocycles. The van der Waals surface area contributed by atoms with E-state index in [0.717, 1.165) is 16.0 Å². The molecule has 2 amide bonds. The minimum absolute atomic E-state index is 0.0915. The van der Waals surface area contributed by atoms with Crippen molar-refractivity contribution in [2.24, 2.45) is 0 Å². The van der Waals surface area contributed by atoms with Crippen molar-refractivity contribution in [1.29, 1.82) is 0 Å². The Labute approximate surface area is 213 Å². The van der Waals surface area contributed by atoms with E-state index in [9.17, 15) is 19.5 Å². The number of carboxylic acid groups (broad SMARTS) is 1. The van der Waals surface area contributed by atoms with E-state index in [1.165, 1.54) is 23.9 Å². The highest BCUT2D eigenvalue weighted by Gasteiger charge is 2.23. The summed E-state index contributed by atoms with van der Waals surface area (Å²) in [6.45, 7) is 1.93. The summed E-state index contributed by atoms with van der Waals surface area (Å²) >= 11 is 1.34. The first-order valence-electron chi connectivity index (χ1n) is 11.2. The number of hydrogen-bond acceptors (Lipinski definition) is 4. The van der Waals surface area contributed by atoms with E-state index in [1.54, 1.807) is 24.3 Å². The second-order valence-corrected chi connectivity index (χ2v) is 9.31. The number of rotatable bonds is 8. The monoisotopic (exact) mass is 496 g/mol. The molecule has 180 valence electrons. The molecule has 0 saturated carbocycles. The summed E-state index contributed by atoms with van der Waals surface area (Å²) < 4.78 is 0. The number of thioether (sulfide) groups is 1. The molecule has 3 N–H and O–H groups in total. The molecule has 1 unspecified atom stereocenters. The normalized spacial score (nSPS) is 11.4. The average molecular weight is 497 g/mol. The molecule has 0 aliphatic rings. The Morgan fingerprint density at radius 3 is 2.11 bits per heavy atom. The van der Waals surface area contributed by atoms with E-state index in [4.69, 9.17) is 0 Å². The molecule has 4 aromatic carbocycles. The maximum absolute atomic E-state index is 13.3. The van der Waals surface area contributed by atoms with Crippen LogP contribution >= 0.6 is 11.8 Å². The number of aromatic carboxylic acids is 1. The van der Waals surface area contributed by atoms with Crippen LogP contribution in [0.4, 0.5) is 11.4 Å². The summed E-state index contributed by atoms with van der Waals surface area (Å²) in [7, 11) is 0. The van der Waals surface area contributed by atoms with Gasteiger partial charge >= 0.3 is 5.97 Å². The zero-order chi connectivity index (χ0) is 25.5. The van der Waals surface area contributed by atoms with Crippen molar-refractivity contribution >= 4 is 40.9 Å². The van der Waals surface area contributed by atoms with Crippen molar-refractivity contribution < 1.29 is 19.5 Å². The first-order valence-corrected chi connectivity index (χ1v) is 12.1. The third kappa shape index (κ3) is 6.40. The molecule has 1 atom stereocenters. The lowest BCUT2D eigenvalue weighted by Crippen LogP contribution is -2.19. The summed E-state index contributed by atoms with van der Waals surface area (Å²) in [5.41, 5.74) is 3.47. The molecule has 0 aromatic heterocycles. The summed E-state index contributed by atoms with van der Waals surface area (Å²) in [6, 6.07) is 30.1. The van der Waals surface area contributed by atoms with E-state index in [-0.39, 0.29) is 17.4 Å². The smallest absolute Gasteiger partial charge is 0.335 e. The Hall–Kier alpha value is -4.36. The highest BCUT2D eigenvalue weighted by Crippen LogP contribution is 2.37. The van der Waals surface area contributed by atoms with Gasteiger partial charge in [0, 0.05) is 21.8 Å². The van der Waals surface area contributed by atoms with Crippen molar-refractivity contribution in [3.8, 4) is 0 Å². The number of carbonyl (C=O) groups is 3. The third-order valence-corrected chi connectivity index (χ3v) is 6.59. The first kappa shape index (κ1) is 24.8. The van der Waals surface area contributed by atoms with Crippen LogP contribution < -0.4 is 10.6 Å². The van der Waals surface area contributed by atoms with Crippen LogP contribution in [0.5, 0.6) is 0 Å². The van der Waals surface area contributed by atoms with E-state index in [1.807, 2.05) is 73.7 Å². The zero-order valence-corrected chi connectivity index (χ0v) is 20.3. The molecule has 0 radical (unpaired) electrons. The topological polar surface area (TPSA) is 95.5 Å². The van der Waals surface area contributed by atoms with Gasteiger partial charge in [-0.2, -0.15) is 0 Å². The van der Waals surface area contributed by atoms with Gasteiger partial charge in [0.15, 0.2) is 0 Å². The Morgan fingerprint density at radius 2 is 1.39 bits per heavy atom. The van der Waals surface area contributed by atoms with Gasteiger partial charge in [0.2, 0.25) is 5.91 Å². The maximum atomic E-state index is 13.3. The standard InChI is InChI=1S/C29H24N2O4S/c1-19-8-5-11-21(16-19)27(32)30-24-14-7-15-25(18-24)36-26(20-9-3-2-4-10-20)28(33)31-23-13-6-12-22(17-23)29(34)35/h2-18,26H,1H3,(H,30,32)(H,31,33)(H,34,35). The van der Waals surface area contributed by atoms with Crippen LogP contribution in [0, 0.1) is 6.92 Å². The lowest BCUT2D eigenvalue weighted by molar-refractivity contribution is -0.115.